The van der Waals surface area contributed by atoms with Crippen molar-refractivity contribution in [2.75, 3.05) is 7.11 Å². The van der Waals surface area contributed by atoms with Crippen molar-refractivity contribution in [1.82, 2.24) is 0 Å². The number of hydrogen-bond donors (Lipinski definition) is 0. The first-order valence-electron chi connectivity index (χ1n) is 4.17. The summed E-state index contributed by atoms with van der Waals surface area (Å²) in [6, 6.07) is 8.36. The molecule has 0 saturated carbocycles. The predicted molar refractivity (Wildman–Crippen MR) is 60.3 cm³/mol. The molecular weight excluding hydrogens is 176 g/mol. The molecule has 0 bridgehead atoms. The Bertz CT molecular complexity index is 255. The van der Waals surface area contributed by atoms with E-state index in [2.05, 4.69) is 48.1 Å². The molecule has 70 valence electrons. The highest BCUT2D eigenvalue weighted by Crippen LogP contribution is 2.02. The Hall–Kier alpha value is -1.04. The van der Waals surface area contributed by atoms with Gasteiger partial charge in [0.1, 0.15) is 0 Å². The maximum Gasteiger partial charge on any atom is 0.239 e. The zero-order valence-electron chi connectivity index (χ0n) is 8.50. The lowest BCUT2D eigenvalue weighted by Crippen LogP contribution is -1.84. The first-order chi connectivity index (χ1) is 6.22. The van der Waals surface area contributed by atoms with Crippen LogP contribution in [0.15, 0.2) is 24.3 Å². The average Bonchev–Trinajstić information content (AvgIpc) is 2.13. The first-order valence-corrected chi connectivity index (χ1v) is 5.45. The molecule has 0 heterocycles. The summed E-state index contributed by atoms with van der Waals surface area (Å²) < 4.78 is 4.59. The van der Waals surface area contributed by atoms with Crippen LogP contribution in [0.1, 0.15) is 11.1 Å². The van der Waals surface area contributed by atoms with E-state index >= 15 is 0 Å². The molecule has 0 aliphatic rings. The van der Waals surface area contributed by atoms with Crippen LogP contribution in [0.2, 0.25) is 0 Å². The molecule has 0 aliphatic heterocycles. The number of hydrogen-bond acceptors (Lipinski definition) is 1. The minimum Gasteiger partial charge on any atom is -0.414 e. The Labute approximate surface area is 83.1 Å². The quantitative estimate of drug-likeness (QED) is 0.485. The van der Waals surface area contributed by atoms with Crippen LogP contribution in [0.4, 0.5) is 0 Å². The average molecular weight is 192 g/mol. The number of rotatable bonds is 1. The molecule has 0 aromatic heterocycles. The van der Waals surface area contributed by atoms with Gasteiger partial charge in [0.05, 0.1) is 0 Å². The van der Waals surface area contributed by atoms with E-state index in [-0.39, 0.29) is 0 Å². The van der Waals surface area contributed by atoms with Gasteiger partial charge in [-0.15, -0.1) is 12.0 Å². The second-order valence-electron chi connectivity index (χ2n) is 2.72. The fourth-order valence-corrected chi connectivity index (χ4v) is 0.913. The minimum absolute atomic E-state index is 0.540. The van der Waals surface area contributed by atoms with E-state index in [4.69, 9.17) is 6.42 Å². The van der Waals surface area contributed by atoms with Gasteiger partial charge in [-0.05, 0) is 25.0 Å². The summed E-state index contributed by atoms with van der Waals surface area (Å²) in [5, 5.41) is 0. The van der Waals surface area contributed by atoms with Crippen LogP contribution in [-0.4, -0.2) is 16.9 Å². The van der Waals surface area contributed by atoms with E-state index < -0.39 is 9.76 Å². The van der Waals surface area contributed by atoms with Crippen LogP contribution < -0.4 is 0 Å². The summed E-state index contributed by atoms with van der Waals surface area (Å²) in [6.45, 7) is 4.24. The SMILES string of the molecule is C#C[SiH2]OC.Cc1ccccc1C. The standard InChI is InChI=1S/C8H10.C3H6OSi/c1-7-5-3-4-6-8(7)2;1-3-5-4-2/h3-6H,1-2H3;1H,5H2,2H3. The van der Waals surface area contributed by atoms with Crippen LogP contribution in [0.3, 0.4) is 0 Å². The maximum atomic E-state index is 4.83. The van der Waals surface area contributed by atoms with Crippen LogP contribution in [-0.2, 0) is 4.43 Å². The molecule has 0 fully saturated rings. The van der Waals surface area contributed by atoms with Crippen molar-refractivity contribution in [3.63, 3.8) is 0 Å². The Morgan fingerprint density at radius 1 is 1.23 bits per heavy atom. The molecule has 1 rings (SSSR count). The Balaban J connectivity index is 0.000000252. The van der Waals surface area contributed by atoms with E-state index in [1.54, 1.807) is 7.11 Å². The Morgan fingerprint density at radius 2 is 1.69 bits per heavy atom. The molecule has 2 heteroatoms. The van der Waals surface area contributed by atoms with Gasteiger partial charge in [-0.25, -0.2) is 0 Å². The predicted octanol–water partition coefficient (Wildman–Crippen LogP) is 1.61. The molecule has 0 radical (unpaired) electrons. The molecule has 0 amide bonds. The van der Waals surface area contributed by atoms with Gasteiger partial charge in [-0.2, -0.15) is 0 Å². The molecule has 0 aliphatic carbocycles. The molecule has 1 aromatic carbocycles. The summed E-state index contributed by atoms with van der Waals surface area (Å²) >= 11 is 0. The summed E-state index contributed by atoms with van der Waals surface area (Å²) in [5.41, 5.74) is 5.17. The highest BCUT2D eigenvalue weighted by atomic mass is 28.2. The maximum absolute atomic E-state index is 4.83. The van der Waals surface area contributed by atoms with Gasteiger partial charge in [0.15, 0.2) is 0 Å². The van der Waals surface area contributed by atoms with Gasteiger partial charge < -0.3 is 4.43 Å². The third kappa shape index (κ3) is 6.15. The van der Waals surface area contributed by atoms with Crippen molar-refractivity contribution >= 4 is 9.76 Å². The summed E-state index contributed by atoms with van der Waals surface area (Å²) in [4.78, 5) is 0. The van der Waals surface area contributed by atoms with Gasteiger partial charge in [0.2, 0.25) is 9.76 Å². The van der Waals surface area contributed by atoms with E-state index in [0.29, 0.717) is 0 Å². The molecule has 0 unspecified atom stereocenters. The van der Waals surface area contributed by atoms with Crippen LogP contribution in [0, 0.1) is 25.8 Å². The van der Waals surface area contributed by atoms with Crippen molar-refractivity contribution < 1.29 is 4.43 Å². The van der Waals surface area contributed by atoms with E-state index in [1.165, 1.54) is 11.1 Å². The first kappa shape index (κ1) is 12.0. The molecule has 0 spiro atoms. The van der Waals surface area contributed by atoms with E-state index in [9.17, 15) is 0 Å². The molecule has 1 nitrogen and oxygen atoms in total. The van der Waals surface area contributed by atoms with E-state index in [0.717, 1.165) is 0 Å². The lowest BCUT2D eigenvalue weighted by Gasteiger charge is -1.93. The molecule has 0 atom stereocenters. The summed E-state index contributed by atoms with van der Waals surface area (Å²) in [6.07, 6.45) is 4.83. The lowest BCUT2D eigenvalue weighted by atomic mass is 10.1. The largest absolute Gasteiger partial charge is 0.414 e. The Kier molecular flexibility index (Phi) is 6.99. The lowest BCUT2D eigenvalue weighted by molar-refractivity contribution is 0.451. The molecule has 13 heavy (non-hydrogen) atoms. The van der Waals surface area contributed by atoms with Gasteiger partial charge in [0, 0.05) is 7.11 Å². The second kappa shape index (κ2) is 7.60. The van der Waals surface area contributed by atoms with Crippen LogP contribution in [0.5, 0.6) is 0 Å². The van der Waals surface area contributed by atoms with Crippen molar-refractivity contribution in [2.45, 2.75) is 13.8 Å². The highest BCUT2D eigenvalue weighted by Gasteiger charge is 1.83. The van der Waals surface area contributed by atoms with Gasteiger partial charge in [-0.1, -0.05) is 24.3 Å². The molecule has 1 aromatic rings. The minimum atomic E-state index is -0.540. The zero-order valence-corrected chi connectivity index (χ0v) is 9.92. The second-order valence-corrected chi connectivity index (χ2v) is 4.00. The smallest absolute Gasteiger partial charge is 0.239 e. The van der Waals surface area contributed by atoms with E-state index in [1.807, 2.05) is 0 Å². The van der Waals surface area contributed by atoms with Crippen molar-refractivity contribution in [3.05, 3.63) is 35.4 Å². The zero-order chi connectivity index (χ0) is 10.1. The number of benzene rings is 1. The summed E-state index contributed by atoms with van der Waals surface area (Å²) in [7, 11) is 1.09. The number of aryl methyl sites for hydroxylation is 2. The highest BCUT2D eigenvalue weighted by molar-refractivity contribution is 6.38. The van der Waals surface area contributed by atoms with Crippen LogP contribution >= 0.6 is 0 Å². The van der Waals surface area contributed by atoms with Crippen molar-refractivity contribution in [3.8, 4) is 12.0 Å². The van der Waals surface area contributed by atoms with Gasteiger partial charge >= 0.3 is 0 Å². The molecule has 0 N–H and O–H groups in total. The van der Waals surface area contributed by atoms with Gasteiger partial charge in [-0.3, -0.25) is 0 Å². The Morgan fingerprint density at radius 3 is 1.85 bits per heavy atom. The monoisotopic (exact) mass is 192 g/mol. The molecular formula is C11H16OSi. The van der Waals surface area contributed by atoms with Crippen molar-refractivity contribution in [1.29, 1.82) is 0 Å². The number of terminal acetylenes is 1. The summed E-state index contributed by atoms with van der Waals surface area (Å²) in [5.74, 6) is 0. The molecule has 0 saturated heterocycles. The topological polar surface area (TPSA) is 9.23 Å². The third-order valence-electron chi connectivity index (χ3n) is 1.65. The fourth-order valence-electron chi connectivity index (χ4n) is 0.746. The van der Waals surface area contributed by atoms with Gasteiger partial charge in [0.25, 0.3) is 0 Å². The van der Waals surface area contributed by atoms with Crippen LogP contribution in [0.25, 0.3) is 0 Å². The third-order valence-corrected chi connectivity index (χ3v) is 2.11. The van der Waals surface area contributed by atoms with Crippen molar-refractivity contribution in [2.24, 2.45) is 0 Å². The normalized spacial score (nSPS) is 9.08. The fraction of sp³-hybridized carbons (Fsp3) is 0.273.